The second-order valence-corrected chi connectivity index (χ2v) is 4.33. The predicted octanol–water partition coefficient (Wildman–Crippen LogP) is 4.00. The summed E-state index contributed by atoms with van der Waals surface area (Å²) >= 11 is 0. The molecule has 4 heteroatoms. The van der Waals surface area contributed by atoms with Gasteiger partial charge in [-0.2, -0.15) is 0 Å². The van der Waals surface area contributed by atoms with Gasteiger partial charge in [0.25, 0.3) is 5.69 Å². The maximum absolute atomic E-state index is 10.7. The van der Waals surface area contributed by atoms with Gasteiger partial charge in [-0.25, -0.2) is 0 Å². The van der Waals surface area contributed by atoms with Crippen molar-refractivity contribution in [3.8, 4) is 5.75 Å². The zero-order valence-corrected chi connectivity index (χ0v) is 11.2. The fraction of sp³-hybridized carbons (Fsp3) is 0.125. The molecule has 2 rings (SSSR count). The average molecular weight is 269 g/mol. The zero-order valence-electron chi connectivity index (χ0n) is 11.2. The van der Waals surface area contributed by atoms with Crippen molar-refractivity contribution in [1.82, 2.24) is 0 Å². The monoisotopic (exact) mass is 269 g/mol. The van der Waals surface area contributed by atoms with E-state index in [1.54, 1.807) is 19.1 Å². The van der Waals surface area contributed by atoms with Gasteiger partial charge in [-0.05, 0) is 30.7 Å². The summed E-state index contributed by atoms with van der Waals surface area (Å²) in [5.74, 6) is 0.630. The molecule has 4 nitrogen and oxygen atoms in total. The van der Waals surface area contributed by atoms with Crippen molar-refractivity contribution in [3.05, 3.63) is 75.8 Å². The van der Waals surface area contributed by atoms with Crippen LogP contribution in [0.4, 0.5) is 5.69 Å². The molecule has 0 atom stereocenters. The summed E-state index contributed by atoms with van der Waals surface area (Å²) in [5, 5.41) is 10.7. The Morgan fingerprint density at radius 3 is 2.60 bits per heavy atom. The number of nitrogens with zero attached hydrogens (tertiary/aromatic N) is 1. The molecular formula is C16H15NO3. The first kappa shape index (κ1) is 13.8. The van der Waals surface area contributed by atoms with E-state index in [1.165, 1.54) is 6.07 Å². The highest BCUT2D eigenvalue weighted by molar-refractivity contribution is 5.49. The summed E-state index contributed by atoms with van der Waals surface area (Å²) in [5.41, 5.74) is 1.81. The van der Waals surface area contributed by atoms with Gasteiger partial charge < -0.3 is 4.74 Å². The SMILES string of the molecule is Cc1cc(OCC=Cc2ccccc2)ccc1[N+](=O)[O-]. The van der Waals surface area contributed by atoms with Crippen LogP contribution in [0.15, 0.2) is 54.6 Å². The maximum Gasteiger partial charge on any atom is 0.272 e. The van der Waals surface area contributed by atoms with Gasteiger partial charge >= 0.3 is 0 Å². The fourth-order valence-electron chi connectivity index (χ4n) is 1.82. The fourth-order valence-corrected chi connectivity index (χ4v) is 1.82. The Balaban J connectivity index is 1.93. The molecule has 0 aliphatic carbocycles. The van der Waals surface area contributed by atoms with Gasteiger partial charge in [0.1, 0.15) is 12.4 Å². The lowest BCUT2D eigenvalue weighted by Gasteiger charge is -2.04. The van der Waals surface area contributed by atoms with Gasteiger partial charge in [0.05, 0.1) is 4.92 Å². The van der Waals surface area contributed by atoms with E-state index >= 15 is 0 Å². The van der Waals surface area contributed by atoms with Gasteiger partial charge in [0.15, 0.2) is 0 Å². The Labute approximate surface area is 117 Å². The van der Waals surface area contributed by atoms with Crippen LogP contribution in [0.3, 0.4) is 0 Å². The zero-order chi connectivity index (χ0) is 14.4. The highest BCUT2D eigenvalue weighted by atomic mass is 16.6. The first-order chi connectivity index (χ1) is 9.66. The van der Waals surface area contributed by atoms with E-state index in [2.05, 4.69) is 0 Å². The van der Waals surface area contributed by atoms with Gasteiger partial charge in [0, 0.05) is 11.6 Å². The molecule has 0 aliphatic heterocycles. The summed E-state index contributed by atoms with van der Waals surface area (Å²) in [4.78, 5) is 10.3. The van der Waals surface area contributed by atoms with Gasteiger partial charge in [-0.1, -0.05) is 36.4 Å². The van der Waals surface area contributed by atoms with E-state index in [0.717, 1.165) is 5.56 Å². The number of hydrogen-bond donors (Lipinski definition) is 0. The average Bonchev–Trinajstić information content (AvgIpc) is 2.44. The van der Waals surface area contributed by atoms with Crippen LogP contribution in [0, 0.1) is 17.0 Å². The van der Waals surface area contributed by atoms with E-state index in [0.29, 0.717) is 17.9 Å². The van der Waals surface area contributed by atoms with Gasteiger partial charge in [-0.3, -0.25) is 10.1 Å². The van der Waals surface area contributed by atoms with E-state index < -0.39 is 4.92 Å². The number of rotatable bonds is 5. The van der Waals surface area contributed by atoms with Crippen molar-refractivity contribution in [2.24, 2.45) is 0 Å². The topological polar surface area (TPSA) is 52.4 Å². The highest BCUT2D eigenvalue weighted by Gasteiger charge is 2.10. The van der Waals surface area contributed by atoms with E-state index in [4.69, 9.17) is 4.74 Å². The molecule has 0 saturated heterocycles. The van der Waals surface area contributed by atoms with Crippen molar-refractivity contribution in [1.29, 1.82) is 0 Å². The quantitative estimate of drug-likeness (QED) is 0.609. The molecule has 0 aliphatic rings. The smallest absolute Gasteiger partial charge is 0.272 e. The molecule has 0 spiro atoms. The van der Waals surface area contributed by atoms with Crippen molar-refractivity contribution < 1.29 is 9.66 Å². The van der Waals surface area contributed by atoms with Crippen molar-refractivity contribution in [3.63, 3.8) is 0 Å². The highest BCUT2D eigenvalue weighted by Crippen LogP contribution is 2.22. The lowest BCUT2D eigenvalue weighted by molar-refractivity contribution is -0.385. The molecule has 0 heterocycles. The summed E-state index contributed by atoms with van der Waals surface area (Å²) in [6.07, 6.45) is 3.88. The molecule has 0 fully saturated rings. The third-order valence-electron chi connectivity index (χ3n) is 2.82. The summed E-state index contributed by atoms with van der Waals surface area (Å²) in [7, 11) is 0. The van der Waals surface area contributed by atoms with Crippen LogP contribution >= 0.6 is 0 Å². The van der Waals surface area contributed by atoms with Crippen LogP contribution in [-0.2, 0) is 0 Å². The van der Waals surface area contributed by atoms with E-state index in [1.807, 2.05) is 42.5 Å². The molecule has 2 aromatic rings. The van der Waals surface area contributed by atoms with Crippen molar-refractivity contribution >= 4 is 11.8 Å². The van der Waals surface area contributed by atoms with Crippen LogP contribution in [0.25, 0.3) is 6.08 Å². The van der Waals surface area contributed by atoms with Gasteiger partial charge in [0.2, 0.25) is 0 Å². The molecule has 102 valence electrons. The minimum atomic E-state index is -0.394. The largest absolute Gasteiger partial charge is 0.490 e. The number of nitro benzene ring substituents is 1. The minimum Gasteiger partial charge on any atom is -0.490 e. The molecule has 2 aromatic carbocycles. The Morgan fingerprint density at radius 1 is 1.20 bits per heavy atom. The summed E-state index contributed by atoms with van der Waals surface area (Å²) in [6, 6.07) is 14.7. The number of nitro groups is 1. The molecule has 0 saturated carbocycles. The number of aryl methyl sites for hydroxylation is 1. The minimum absolute atomic E-state index is 0.108. The third kappa shape index (κ3) is 3.68. The van der Waals surface area contributed by atoms with Crippen molar-refractivity contribution in [2.75, 3.05) is 6.61 Å². The molecule has 0 radical (unpaired) electrons. The van der Waals surface area contributed by atoms with E-state index in [-0.39, 0.29) is 5.69 Å². The lowest BCUT2D eigenvalue weighted by atomic mass is 10.2. The van der Waals surface area contributed by atoms with Crippen LogP contribution < -0.4 is 4.74 Å². The predicted molar refractivity (Wildman–Crippen MR) is 78.8 cm³/mol. The first-order valence-electron chi connectivity index (χ1n) is 6.26. The number of benzene rings is 2. The first-order valence-corrected chi connectivity index (χ1v) is 6.26. The third-order valence-corrected chi connectivity index (χ3v) is 2.82. The normalized spacial score (nSPS) is 10.7. The Bertz CT molecular complexity index is 621. The standard InChI is InChI=1S/C16H15NO3/c1-13-12-15(9-10-16(13)17(18)19)20-11-5-8-14-6-3-2-4-7-14/h2-10,12H,11H2,1H3. The van der Waals surface area contributed by atoms with Crippen molar-refractivity contribution in [2.45, 2.75) is 6.92 Å². The summed E-state index contributed by atoms with van der Waals surface area (Å²) < 4.78 is 5.53. The Kier molecular flexibility index (Phi) is 4.50. The lowest BCUT2D eigenvalue weighted by Crippen LogP contribution is -1.96. The molecule has 0 amide bonds. The molecule has 0 aromatic heterocycles. The number of ether oxygens (including phenoxy) is 1. The summed E-state index contributed by atoms with van der Waals surface area (Å²) in [6.45, 7) is 2.12. The molecule has 0 N–H and O–H groups in total. The second kappa shape index (κ2) is 6.52. The van der Waals surface area contributed by atoms with Gasteiger partial charge in [-0.15, -0.1) is 0 Å². The molecular weight excluding hydrogens is 254 g/mol. The molecule has 0 bridgehead atoms. The van der Waals surface area contributed by atoms with Crippen LogP contribution in [0.1, 0.15) is 11.1 Å². The second-order valence-electron chi connectivity index (χ2n) is 4.33. The molecule has 0 unspecified atom stereocenters. The van der Waals surface area contributed by atoms with Crippen LogP contribution in [0.2, 0.25) is 0 Å². The maximum atomic E-state index is 10.7. The Morgan fingerprint density at radius 2 is 1.95 bits per heavy atom. The Hall–Kier alpha value is -2.62. The van der Waals surface area contributed by atoms with E-state index in [9.17, 15) is 10.1 Å². The van der Waals surface area contributed by atoms with Crippen LogP contribution in [0.5, 0.6) is 5.75 Å². The van der Waals surface area contributed by atoms with Crippen LogP contribution in [-0.4, -0.2) is 11.5 Å². The number of hydrogen-bond acceptors (Lipinski definition) is 3. The molecule has 20 heavy (non-hydrogen) atoms.